The highest BCUT2D eigenvalue weighted by atomic mass is 32.2. The van der Waals surface area contributed by atoms with E-state index < -0.39 is 16.1 Å². The van der Waals surface area contributed by atoms with Gasteiger partial charge in [0.05, 0.1) is 29.6 Å². The molecule has 3 aromatic rings. The van der Waals surface area contributed by atoms with E-state index in [0.29, 0.717) is 17.5 Å². The normalized spacial score (nSPS) is 17.9. The Morgan fingerprint density at radius 1 is 1.07 bits per heavy atom. The lowest BCUT2D eigenvalue weighted by molar-refractivity contribution is -0.00506. The van der Waals surface area contributed by atoms with Gasteiger partial charge < -0.3 is 10.1 Å². The topological polar surface area (TPSA) is 110 Å². The maximum absolute atomic E-state index is 12.9. The van der Waals surface area contributed by atoms with Crippen molar-refractivity contribution < 1.29 is 13.2 Å². The van der Waals surface area contributed by atoms with Crippen molar-refractivity contribution in [1.82, 2.24) is 24.2 Å². The number of hydrogen-bond donors (Lipinski definition) is 1. The monoisotopic (exact) mass is 398 g/mol. The molecule has 1 fully saturated rings. The number of sulfonamides is 1. The van der Waals surface area contributed by atoms with Gasteiger partial charge in [-0.3, -0.25) is 4.98 Å². The van der Waals surface area contributed by atoms with Crippen LogP contribution in [0.3, 0.4) is 0 Å². The van der Waals surface area contributed by atoms with E-state index in [0.717, 1.165) is 0 Å². The highest BCUT2D eigenvalue weighted by Gasteiger charge is 2.32. The third-order valence-electron chi connectivity index (χ3n) is 4.20. The summed E-state index contributed by atoms with van der Waals surface area (Å²) in [7, 11) is -3.59. The molecular formula is C18H18N6O3S. The number of nitrogens with zero attached hydrogens (tertiary/aromatic N) is 5. The summed E-state index contributed by atoms with van der Waals surface area (Å²) in [5.41, 5.74) is 0.536. The second-order valence-electron chi connectivity index (χ2n) is 6.06. The van der Waals surface area contributed by atoms with E-state index in [1.165, 1.54) is 4.31 Å². The van der Waals surface area contributed by atoms with E-state index >= 15 is 0 Å². The van der Waals surface area contributed by atoms with E-state index in [9.17, 15) is 8.42 Å². The summed E-state index contributed by atoms with van der Waals surface area (Å²) in [4.78, 5) is 17.1. The van der Waals surface area contributed by atoms with Crippen molar-refractivity contribution in [2.75, 3.05) is 25.0 Å². The summed E-state index contributed by atoms with van der Waals surface area (Å²) in [6.45, 7) is 0.728. The lowest BCUT2D eigenvalue weighted by Gasteiger charge is -2.31. The zero-order valence-electron chi connectivity index (χ0n) is 14.8. The minimum Gasteiger partial charge on any atom is -0.369 e. The number of ether oxygens (including phenoxy) is 1. The van der Waals surface area contributed by atoms with Gasteiger partial charge in [-0.25, -0.2) is 23.4 Å². The fourth-order valence-electron chi connectivity index (χ4n) is 2.84. The smallest absolute Gasteiger partial charge is 0.243 e. The molecule has 2 aromatic heterocycles. The van der Waals surface area contributed by atoms with E-state index in [2.05, 4.69) is 25.3 Å². The van der Waals surface area contributed by atoms with Crippen LogP contribution in [-0.4, -0.2) is 52.4 Å². The van der Waals surface area contributed by atoms with Gasteiger partial charge >= 0.3 is 0 Å². The summed E-state index contributed by atoms with van der Waals surface area (Å²) < 4.78 is 32.9. The fraction of sp³-hybridized carbons (Fsp3) is 0.222. The molecule has 0 saturated carbocycles. The largest absolute Gasteiger partial charge is 0.369 e. The first-order chi connectivity index (χ1) is 13.6. The molecule has 28 heavy (non-hydrogen) atoms. The van der Waals surface area contributed by atoms with Gasteiger partial charge in [0.15, 0.2) is 5.82 Å². The third kappa shape index (κ3) is 3.98. The Kier molecular flexibility index (Phi) is 5.24. The van der Waals surface area contributed by atoms with Gasteiger partial charge in [0.1, 0.15) is 6.10 Å². The molecule has 0 spiro atoms. The summed E-state index contributed by atoms with van der Waals surface area (Å²) in [5, 5.41) is 2.97. The van der Waals surface area contributed by atoms with Crippen LogP contribution >= 0.6 is 0 Å². The number of morpholine rings is 1. The summed E-state index contributed by atoms with van der Waals surface area (Å²) in [6.07, 6.45) is 5.83. The molecule has 0 radical (unpaired) electrons. The lowest BCUT2D eigenvalue weighted by atomic mass is 10.2. The van der Waals surface area contributed by atoms with Crippen LogP contribution in [0.1, 0.15) is 11.8 Å². The Hall–Kier alpha value is -2.95. The van der Waals surface area contributed by atoms with Gasteiger partial charge in [-0.15, -0.1) is 0 Å². The van der Waals surface area contributed by atoms with Crippen molar-refractivity contribution in [3.8, 4) is 0 Å². The van der Waals surface area contributed by atoms with Crippen LogP contribution in [-0.2, 0) is 14.8 Å². The van der Waals surface area contributed by atoms with Crippen molar-refractivity contribution in [3.05, 3.63) is 66.9 Å². The standard InChI is InChI=1S/C18H18N6O3S/c25-28(26,14-5-2-1-3-6-14)24-9-10-27-16(13-24)15-11-19-12-17(22-15)23-18-20-7-4-8-21-18/h1-8,11-12,16H,9-10,13H2,(H,20,21,22,23). The molecule has 1 aliphatic heterocycles. The Morgan fingerprint density at radius 2 is 1.86 bits per heavy atom. The Bertz CT molecular complexity index is 1030. The first kappa shape index (κ1) is 18.4. The van der Waals surface area contributed by atoms with Crippen molar-refractivity contribution in [1.29, 1.82) is 0 Å². The lowest BCUT2D eigenvalue weighted by Crippen LogP contribution is -2.42. The van der Waals surface area contributed by atoms with Crippen molar-refractivity contribution in [2.45, 2.75) is 11.0 Å². The average Bonchev–Trinajstić information content (AvgIpc) is 2.75. The molecular weight excluding hydrogens is 380 g/mol. The van der Waals surface area contributed by atoms with Crippen LogP contribution in [0.4, 0.5) is 11.8 Å². The predicted molar refractivity (Wildman–Crippen MR) is 101 cm³/mol. The molecule has 1 saturated heterocycles. The number of rotatable bonds is 5. The van der Waals surface area contributed by atoms with E-state index in [-0.39, 0.29) is 24.6 Å². The van der Waals surface area contributed by atoms with Gasteiger partial charge in [-0.2, -0.15) is 4.31 Å². The first-order valence-corrected chi connectivity index (χ1v) is 10.1. The molecule has 0 aliphatic carbocycles. The Morgan fingerprint density at radius 3 is 2.64 bits per heavy atom. The molecule has 1 unspecified atom stereocenters. The molecule has 1 atom stereocenters. The average molecular weight is 398 g/mol. The number of aromatic nitrogens is 4. The fourth-order valence-corrected chi connectivity index (χ4v) is 4.28. The molecule has 4 rings (SSSR count). The first-order valence-electron chi connectivity index (χ1n) is 8.66. The van der Waals surface area contributed by atoms with Crippen molar-refractivity contribution in [3.63, 3.8) is 0 Å². The summed E-state index contributed by atoms with van der Waals surface area (Å²) in [6, 6.07) is 10.1. The quantitative estimate of drug-likeness (QED) is 0.692. The zero-order valence-corrected chi connectivity index (χ0v) is 15.7. The number of nitrogens with one attached hydrogen (secondary N) is 1. The molecule has 10 heteroatoms. The SMILES string of the molecule is O=S(=O)(c1ccccc1)N1CCOC(c2cncc(Nc3ncccn3)n2)C1. The molecule has 144 valence electrons. The summed E-state index contributed by atoms with van der Waals surface area (Å²) in [5.74, 6) is 0.849. The number of hydrogen-bond acceptors (Lipinski definition) is 8. The minimum absolute atomic E-state index is 0.164. The van der Waals surface area contributed by atoms with Gasteiger partial charge in [0.25, 0.3) is 0 Å². The van der Waals surface area contributed by atoms with E-state index in [1.807, 2.05) is 0 Å². The van der Waals surface area contributed by atoms with Gasteiger partial charge in [0, 0.05) is 25.5 Å². The van der Waals surface area contributed by atoms with Crippen LogP contribution in [0.2, 0.25) is 0 Å². The number of anilines is 2. The number of benzene rings is 1. The van der Waals surface area contributed by atoms with E-state index in [1.54, 1.807) is 61.2 Å². The van der Waals surface area contributed by atoms with Gasteiger partial charge in [-0.1, -0.05) is 18.2 Å². The summed E-state index contributed by atoms with van der Waals surface area (Å²) >= 11 is 0. The highest BCUT2D eigenvalue weighted by Crippen LogP contribution is 2.26. The van der Waals surface area contributed by atoms with Gasteiger partial charge in [0.2, 0.25) is 16.0 Å². The molecule has 0 amide bonds. The maximum atomic E-state index is 12.9. The molecule has 3 heterocycles. The molecule has 1 aliphatic rings. The molecule has 1 aromatic carbocycles. The predicted octanol–water partition coefficient (Wildman–Crippen LogP) is 1.77. The minimum atomic E-state index is -3.59. The van der Waals surface area contributed by atoms with E-state index in [4.69, 9.17) is 4.74 Å². The van der Waals surface area contributed by atoms with Crippen molar-refractivity contribution in [2.24, 2.45) is 0 Å². The molecule has 1 N–H and O–H groups in total. The Balaban J connectivity index is 1.53. The third-order valence-corrected chi connectivity index (χ3v) is 6.08. The van der Waals surface area contributed by atoms with Crippen LogP contribution in [0.15, 0.2) is 66.1 Å². The second-order valence-corrected chi connectivity index (χ2v) is 8.00. The van der Waals surface area contributed by atoms with Crippen LogP contribution in [0, 0.1) is 0 Å². The Labute approximate surface area is 162 Å². The highest BCUT2D eigenvalue weighted by molar-refractivity contribution is 7.89. The van der Waals surface area contributed by atoms with Crippen LogP contribution in [0.25, 0.3) is 0 Å². The molecule has 9 nitrogen and oxygen atoms in total. The second kappa shape index (κ2) is 7.97. The van der Waals surface area contributed by atoms with Crippen LogP contribution < -0.4 is 5.32 Å². The van der Waals surface area contributed by atoms with Crippen LogP contribution in [0.5, 0.6) is 0 Å². The van der Waals surface area contributed by atoms with Crippen molar-refractivity contribution >= 4 is 21.8 Å². The zero-order chi connectivity index (χ0) is 19.4. The maximum Gasteiger partial charge on any atom is 0.243 e. The van der Waals surface area contributed by atoms with Gasteiger partial charge in [-0.05, 0) is 18.2 Å². The molecule has 0 bridgehead atoms.